The normalized spacial score (nSPS) is 12.0. The van der Waals surface area contributed by atoms with Crippen LogP contribution in [-0.4, -0.2) is 14.8 Å². The summed E-state index contributed by atoms with van der Waals surface area (Å²) in [5.41, 5.74) is -0.922. The van der Waals surface area contributed by atoms with E-state index in [1.165, 1.54) is 17.5 Å². The molecule has 0 unspecified atom stereocenters. The number of nitrogens with zero attached hydrogens (tertiary/aromatic N) is 3. The van der Waals surface area contributed by atoms with Crippen LogP contribution in [0.25, 0.3) is 5.13 Å². The van der Waals surface area contributed by atoms with E-state index >= 15 is 0 Å². The lowest BCUT2D eigenvalue weighted by molar-refractivity contribution is -0.141. The second kappa shape index (κ2) is 3.60. The van der Waals surface area contributed by atoms with Gasteiger partial charge in [-0.2, -0.15) is 18.3 Å². The van der Waals surface area contributed by atoms with E-state index in [-0.39, 0.29) is 0 Å². The maximum Gasteiger partial charge on any atom is 0.435 e. The molecule has 15 heavy (non-hydrogen) atoms. The van der Waals surface area contributed by atoms with Crippen LogP contribution < -0.4 is 0 Å². The topological polar surface area (TPSA) is 30.7 Å². The molecule has 0 N–H and O–H groups in total. The molecule has 0 aliphatic carbocycles. The van der Waals surface area contributed by atoms with Crippen molar-refractivity contribution in [1.82, 2.24) is 14.8 Å². The van der Waals surface area contributed by atoms with E-state index in [0.29, 0.717) is 9.73 Å². The van der Waals surface area contributed by atoms with Crippen molar-refractivity contribution < 1.29 is 13.2 Å². The van der Waals surface area contributed by atoms with Gasteiger partial charge in [0.15, 0.2) is 5.69 Å². The summed E-state index contributed by atoms with van der Waals surface area (Å²) in [6, 6.07) is 0.912. The van der Waals surface area contributed by atoms with Gasteiger partial charge in [0.1, 0.15) is 4.60 Å². The van der Waals surface area contributed by atoms with Crippen molar-refractivity contribution in [2.24, 2.45) is 0 Å². The molecule has 2 heterocycles. The maximum atomic E-state index is 12.2. The highest BCUT2D eigenvalue weighted by molar-refractivity contribution is 9.10. The lowest BCUT2D eigenvalue weighted by atomic mass is 10.4. The van der Waals surface area contributed by atoms with Crippen molar-refractivity contribution in [1.29, 1.82) is 0 Å². The molecule has 0 bridgehead atoms. The van der Waals surface area contributed by atoms with Gasteiger partial charge in [-0.25, -0.2) is 9.67 Å². The zero-order chi connectivity index (χ0) is 11.1. The van der Waals surface area contributed by atoms with Crippen molar-refractivity contribution >= 4 is 27.3 Å². The Bertz CT molecular complexity index is 476. The van der Waals surface area contributed by atoms with Gasteiger partial charge in [0.2, 0.25) is 5.13 Å². The fraction of sp³-hybridized carbons (Fsp3) is 0.143. The predicted molar refractivity (Wildman–Crippen MR) is 51.9 cm³/mol. The number of thiazole rings is 1. The quantitative estimate of drug-likeness (QED) is 0.810. The third kappa shape index (κ3) is 2.20. The Morgan fingerprint density at radius 2 is 2.13 bits per heavy atom. The van der Waals surface area contributed by atoms with Gasteiger partial charge in [0.05, 0.1) is 0 Å². The van der Waals surface area contributed by atoms with Gasteiger partial charge in [0, 0.05) is 11.6 Å². The van der Waals surface area contributed by atoms with Crippen LogP contribution in [0.3, 0.4) is 0 Å². The highest BCUT2D eigenvalue weighted by atomic mass is 79.9. The minimum absolute atomic E-state index is 0.386. The zero-order valence-electron chi connectivity index (χ0n) is 6.99. The molecule has 0 aliphatic heterocycles. The van der Waals surface area contributed by atoms with Crippen molar-refractivity contribution in [2.75, 3.05) is 0 Å². The fourth-order valence-electron chi connectivity index (χ4n) is 0.932. The lowest BCUT2D eigenvalue weighted by Gasteiger charge is -2.00. The van der Waals surface area contributed by atoms with E-state index in [0.717, 1.165) is 10.7 Å². The summed E-state index contributed by atoms with van der Waals surface area (Å²) in [5.74, 6) is 0. The summed E-state index contributed by atoms with van der Waals surface area (Å²) in [7, 11) is 0. The average molecular weight is 298 g/mol. The van der Waals surface area contributed by atoms with Crippen LogP contribution in [0, 0.1) is 0 Å². The first-order valence-electron chi connectivity index (χ1n) is 3.71. The van der Waals surface area contributed by atoms with Gasteiger partial charge in [-0.05, 0) is 22.0 Å². The Morgan fingerprint density at radius 3 is 2.60 bits per heavy atom. The van der Waals surface area contributed by atoms with E-state index in [4.69, 9.17) is 0 Å². The summed E-state index contributed by atoms with van der Waals surface area (Å²) >= 11 is 4.31. The number of alkyl halides is 3. The van der Waals surface area contributed by atoms with Crippen LogP contribution in [-0.2, 0) is 6.18 Å². The summed E-state index contributed by atoms with van der Waals surface area (Å²) in [6.07, 6.45) is -3.19. The van der Waals surface area contributed by atoms with Crippen molar-refractivity contribution in [3.8, 4) is 5.13 Å². The van der Waals surface area contributed by atoms with Crippen LogP contribution in [0.1, 0.15) is 5.69 Å². The lowest BCUT2D eigenvalue weighted by Crippen LogP contribution is -2.07. The van der Waals surface area contributed by atoms with Gasteiger partial charge in [-0.1, -0.05) is 0 Å². The monoisotopic (exact) mass is 297 g/mol. The van der Waals surface area contributed by atoms with Gasteiger partial charge in [-0.3, -0.25) is 0 Å². The number of halogens is 4. The zero-order valence-corrected chi connectivity index (χ0v) is 9.40. The molecule has 2 aromatic heterocycles. The Morgan fingerprint density at radius 1 is 1.40 bits per heavy atom. The first-order chi connectivity index (χ1) is 6.97. The molecule has 80 valence electrons. The van der Waals surface area contributed by atoms with Gasteiger partial charge < -0.3 is 0 Å². The third-order valence-corrected chi connectivity index (χ3v) is 3.08. The SMILES string of the molecule is FC(F)(F)c1ccn(-c2nc(Br)cs2)n1. The van der Waals surface area contributed by atoms with Crippen LogP contribution in [0.4, 0.5) is 13.2 Å². The number of hydrogen-bond acceptors (Lipinski definition) is 3. The van der Waals surface area contributed by atoms with E-state index in [2.05, 4.69) is 26.0 Å². The third-order valence-electron chi connectivity index (χ3n) is 1.54. The van der Waals surface area contributed by atoms with Crippen molar-refractivity contribution in [3.05, 3.63) is 27.9 Å². The highest BCUT2D eigenvalue weighted by Crippen LogP contribution is 2.28. The van der Waals surface area contributed by atoms with Crippen molar-refractivity contribution in [3.63, 3.8) is 0 Å². The van der Waals surface area contributed by atoms with Crippen LogP contribution in [0.2, 0.25) is 0 Å². The molecule has 3 nitrogen and oxygen atoms in total. The van der Waals surface area contributed by atoms with E-state index in [9.17, 15) is 13.2 Å². The molecule has 0 amide bonds. The summed E-state index contributed by atoms with van der Waals surface area (Å²) in [4.78, 5) is 3.94. The number of rotatable bonds is 1. The smallest absolute Gasteiger partial charge is 0.213 e. The highest BCUT2D eigenvalue weighted by Gasteiger charge is 2.33. The Labute approximate surface area is 94.7 Å². The number of hydrogen-bond donors (Lipinski definition) is 0. The maximum absolute atomic E-state index is 12.2. The molecule has 0 atom stereocenters. The van der Waals surface area contributed by atoms with E-state index in [1.54, 1.807) is 5.38 Å². The molecule has 0 aromatic carbocycles. The Hall–Kier alpha value is -0.890. The Kier molecular flexibility index (Phi) is 2.55. The van der Waals surface area contributed by atoms with Crippen LogP contribution >= 0.6 is 27.3 Å². The van der Waals surface area contributed by atoms with Crippen LogP contribution in [0.5, 0.6) is 0 Å². The minimum atomic E-state index is -4.42. The summed E-state index contributed by atoms with van der Waals surface area (Å²) in [6.45, 7) is 0. The molecule has 2 aromatic rings. The first kappa shape index (κ1) is 10.6. The van der Waals surface area contributed by atoms with Gasteiger partial charge in [0.25, 0.3) is 0 Å². The molecule has 2 rings (SSSR count). The molecule has 0 aliphatic rings. The fourth-order valence-corrected chi connectivity index (χ4v) is 2.11. The molecule has 8 heteroatoms. The summed E-state index contributed by atoms with van der Waals surface area (Å²) in [5, 5.41) is 5.44. The predicted octanol–water partition coefficient (Wildman–Crippen LogP) is 3.11. The van der Waals surface area contributed by atoms with Gasteiger partial charge in [-0.15, -0.1) is 11.3 Å². The molecular formula is C7H3BrF3N3S. The van der Waals surface area contributed by atoms with Crippen LogP contribution in [0.15, 0.2) is 22.2 Å². The molecule has 0 fully saturated rings. The van der Waals surface area contributed by atoms with Gasteiger partial charge >= 0.3 is 6.18 Å². The minimum Gasteiger partial charge on any atom is -0.213 e. The molecule has 0 spiro atoms. The molecule has 0 radical (unpaired) electrons. The standard InChI is InChI=1S/C7H3BrF3N3S/c8-5-3-15-6(12-5)14-2-1-4(13-14)7(9,10)11/h1-3H. The first-order valence-corrected chi connectivity index (χ1v) is 5.38. The van der Waals surface area contributed by atoms with E-state index in [1.807, 2.05) is 0 Å². The second-order valence-corrected chi connectivity index (χ2v) is 4.25. The average Bonchev–Trinajstić information content (AvgIpc) is 2.69. The summed E-state index contributed by atoms with van der Waals surface area (Å²) < 4.78 is 38.3. The molecule has 0 saturated carbocycles. The van der Waals surface area contributed by atoms with Crippen molar-refractivity contribution in [2.45, 2.75) is 6.18 Å². The molecule has 0 saturated heterocycles. The molecular weight excluding hydrogens is 295 g/mol. The largest absolute Gasteiger partial charge is 0.435 e. The second-order valence-electron chi connectivity index (χ2n) is 2.60. The number of aromatic nitrogens is 3. The Balaban J connectivity index is 2.36. The van der Waals surface area contributed by atoms with E-state index < -0.39 is 11.9 Å².